The molecule has 0 spiro atoms. The lowest BCUT2D eigenvalue weighted by Gasteiger charge is -2.06. The quantitative estimate of drug-likeness (QED) is 0.562. The summed E-state index contributed by atoms with van der Waals surface area (Å²) in [4.78, 5) is 11.2. The molecule has 1 atom stereocenters. The summed E-state index contributed by atoms with van der Waals surface area (Å²) < 4.78 is 7.02. The van der Waals surface area contributed by atoms with Gasteiger partial charge in [0.25, 0.3) is 0 Å². The van der Waals surface area contributed by atoms with E-state index >= 15 is 0 Å². The Labute approximate surface area is 86.8 Å². The van der Waals surface area contributed by atoms with E-state index in [-0.39, 0.29) is 17.7 Å². The topological polar surface area (TPSA) is 44.1 Å². The molecule has 1 fully saturated rings. The van der Waals surface area contributed by atoms with E-state index in [2.05, 4.69) is 5.10 Å². The van der Waals surface area contributed by atoms with Gasteiger partial charge >= 0.3 is 0 Å². The first-order valence-electron chi connectivity index (χ1n) is 4.52. The van der Waals surface area contributed by atoms with Crippen molar-refractivity contribution in [3.8, 4) is 0 Å². The van der Waals surface area contributed by atoms with Gasteiger partial charge in [-0.25, -0.2) is 0 Å². The summed E-state index contributed by atoms with van der Waals surface area (Å²) in [6, 6.07) is 0.270. The molecule has 14 heavy (non-hydrogen) atoms. The summed E-state index contributed by atoms with van der Waals surface area (Å²) in [5, 5.41) is 4.12. The molecule has 2 rings (SSSR count). The standard InChI is InChI=1S/C9H11ClN2O2/c10-3-9(13)7-4-11-12(5-7)8-1-2-14-6-8/h4-5,8H,1-3,6H2. The second-order valence-electron chi connectivity index (χ2n) is 3.28. The number of nitrogens with zero attached hydrogens (tertiary/aromatic N) is 2. The Bertz CT molecular complexity index is 331. The molecule has 0 aromatic carbocycles. The molecule has 1 aromatic heterocycles. The summed E-state index contributed by atoms with van der Waals surface area (Å²) >= 11 is 5.44. The highest BCUT2D eigenvalue weighted by atomic mass is 35.5. The zero-order valence-corrected chi connectivity index (χ0v) is 8.41. The van der Waals surface area contributed by atoms with Gasteiger partial charge in [0.05, 0.1) is 30.3 Å². The SMILES string of the molecule is O=C(CCl)c1cnn(C2CCOC2)c1. The van der Waals surface area contributed by atoms with Crippen molar-refractivity contribution in [1.82, 2.24) is 9.78 Å². The van der Waals surface area contributed by atoms with E-state index in [1.165, 1.54) is 0 Å². The van der Waals surface area contributed by atoms with Crippen molar-refractivity contribution >= 4 is 17.4 Å². The van der Waals surface area contributed by atoms with Gasteiger partial charge in [-0.1, -0.05) is 0 Å². The fourth-order valence-electron chi connectivity index (χ4n) is 1.49. The van der Waals surface area contributed by atoms with E-state index in [0.717, 1.165) is 13.0 Å². The summed E-state index contributed by atoms with van der Waals surface area (Å²) in [6.45, 7) is 1.44. The monoisotopic (exact) mass is 214 g/mol. The van der Waals surface area contributed by atoms with Crippen LogP contribution in [0.2, 0.25) is 0 Å². The molecule has 1 aliphatic heterocycles. The Hall–Kier alpha value is -0.870. The molecule has 0 aliphatic carbocycles. The van der Waals surface area contributed by atoms with E-state index in [0.29, 0.717) is 12.2 Å². The van der Waals surface area contributed by atoms with Crippen LogP contribution >= 0.6 is 11.6 Å². The Kier molecular flexibility index (Phi) is 2.84. The highest BCUT2D eigenvalue weighted by Gasteiger charge is 2.19. The molecule has 0 radical (unpaired) electrons. The molecule has 5 heteroatoms. The van der Waals surface area contributed by atoms with Gasteiger partial charge in [0.2, 0.25) is 0 Å². The molecule has 1 unspecified atom stereocenters. The number of alkyl halides is 1. The van der Waals surface area contributed by atoms with Gasteiger partial charge in [-0.05, 0) is 6.42 Å². The predicted molar refractivity (Wildman–Crippen MR) is 51.8 cm³/mol. The van der Waals surface area contributed by atoms with Gasteiger partial charge in [0.1, 0.15) is 0 Å². The first kappa shape index (κ1) is 9.68. The number of carbonyl (C=O) groups is 1. The molecular weight excluding hydrogens is 204 g/mol. The van der Waals surface area contributed by atoms with Crippen molar-refractivity contribution in [3.05, 3.63) is 18.0 Å². The van der Waals surface area contributed by atoms with Crippen molar-refractivity contribution in [3.63, 3.8) is 0 Å². The van der Waals surface area contributed by atoms with Crippen LogP contribution in [-0.2, 0) is 4.74 Å². The van der Waals surface area contributed by atoms with Crippen LogP contribution in [0.15, 0.2) is 12.4 Å². The van der Waals surface area contributed by atoms with Gasteiger partial charge in [0, 0.05) is 12.8 Å². The maximum Gasteiger partial charge on any atom is 0.180 e. The maximum absolute atomic E-state index is 11.2. The highest BCUT2D eigenvalue weighted by molar-refractivity contribution is 6.30. The van der Waals surface area contributed by atoms with Crippen LogP contribution in [0.3, 0.4) is 0 Å². The molecular formula is C9H11ClN2O2. The smallest absolute Gasteiger partial charge is 0.180 e. The molecule has 0 saturated carbocycles. The summed E-state index contributed by atoms with van der Waals surface area (Å²) in [6.07, 6.45) is 4.25. The third kappa shape index (κ3) is 1.81. The van der Waals surface area contributed by atoms with Gasteiger partial charge < -0.3 is 4.74 Å². The maximum atomic E-state index is 11.2. The van der Waals surface area contributed by atoms with Crippen molar-refractivity contribution in [1.29, 1.82) is 0 Å². The second kappa shape index (κ2) is 4.11. The summed E-state index contributed by atoms with van der Waals surface area (Å²) in [5.74, 6) is -0.0795. The van der Waals surface area contributed by atoms with Crippen LogP contribution in [0.5, 0.6) is 0 Å². The van der Waals surface area contributed by atoms with Crippen LogP contribution < -0.4 is 0 Å². The van der Waals surface area contributed by atoms with Crippen molar-refractivity contribution < 1.29 is 9.53 Å². The Morgan fingerprint density at radius 2 is 2.64 bits per heavy atom. The van der Waals surface area contributed by atoms with Crippen LogP contribution in [0, 0.1) is 0 Å². The van der Waals surface area contributed by atoms with Crippen molar-refractivity contribution in [2.24, 2.45) is 0 Å². The van der Waals surface area contributed by atoms with Gasteiger partial charge in [-0.2, -0.15) is 5.10 Å². The van der Waals surface area contributed by atoms with Crippen LogP contribution in [0.4, 0.5) is 0 Å². The minimum absolute atomic E-state index is 0.00681. The lowest BCUT2D eigenvalue weighted by atomic mass is 10.2. The molecule has 0 N–H and O–H groups in total. The fraction of sp³-hybridized carbons (Fsp3) is 0.556. The molecule has 76 valence electrons. The molecule has 0 amide bonds. The van der Waals surface area contributed by atoms with E-state index < -0.39 is 0 Å². The number of Topliss-reactive ketones (excluding diaryl/α,β-unsaturated/α-hetero) is 1. The van der Waals surface area contributed by atoms with Crippen molar-refractivity contribution in [2.45, 2.75) is 12.5 Å². The number of rotatable bonds is 3. The number of halogens is 1. The summed E-state index contributed by atoms with van der Waals surface area (Å²) in [5.41, 5.74) is 0.576. The minimum Gasteiger partial charge on any atom is -0.379 e. The molecule has 1 saturated heterocycles. The number of aromatic nitrogens is 2. The number of ether oxygens (including phenoxy) is 1. The summed E-state index contributed by atoms with van der Waals surface area (Å²) in [7, 11) is 0. The Balaban J connectivity index is 2.12. The lowest BCUT2D eigenvalue weighted by molar-refractivity contribution is 0.102. The van der Waals surface area contributed by atoms with E-state index in [4.69, 9.17) is 16.3 Å². The zero-order chi connectivity index (χ0) is 9.97. The third-order valence-electron chi connectivity index (χ3n) is 2.32. The minimum atomic E-state index is -0.0863. The molecule has 1 aromatic rings. The number of hydrogen-bond donors (Lipinski definition) is 0. The number of ketones is 1. The number of hydrogen-bond acceptors (Lipinski definition) is 3. The van der Waals surface area contributed by atoms with Crippen LogP contribution in [0.1, 0.15) is 22.8 Å². The van der Waals surface area contributed by atoms with E-state index in [1.54, 1.807) is 17.1 Å². The normalized spacial score (nSPS) is 21.4. The Morgan fingerprint density at radius 1 is 1.79 bits per heavy atom. The molecule has 4 nitrogen and oxygen atoms in total. The average Bonchev–Trinajstić information content (AvgIpc) is 2.86. The van der Waals surface area contributed by atoms with Crippen LogP contribution in [-0.4, -0.2) is 34.7 Å². The number of carbonyl (C=O) groups excluding carboxylic acids is 1. The zero-order valence-electron chi connectivity index (χ0n) is 7.65. The highest BCUT2D eigenvalue weighted by Crippen LogP contribution is 2.18. The molecule has 1 aliphatic rings. The first-order valence-corrected chi connectivity index (χ1v) is 5.06. The largest absolute Gasteiger partial charge is 0.379 e. The van der Waals surface area contributed by atoms with Gasteiger partial charge in [-0.3, -0.25) is 9.48 Å². The van der Waals surface area contributed by atoms with Crippen molar-refractivity contribution in [2.75, 3.05) is 19.1 Å². The van der Waals surface area contributed by atoms with Crippen LogP contribution in [0.25, 0.3) is 0 Å². The first-order chi connectivity index (χ1) is 6.81. The fourth-order valence-corrected chi connectivity index (χ4v) is 1.64. The Morgan fingerprint density at radius 3 is 3.29 bits per heavy atom. The van der Waals surface area contributed by atoms with Gasteiger partial charge in [-0.15, -0.1) is 11.6 Å². The average molecular weight is 215 g/mol. The van der Waals surface area contributed by atoms with E-state index in [9.17, 15) is 4.79 Å². The second-order valence-corrected chi connectivity index (χ2v) is 3.55. The predicted octanol–water partition coefficient (Wildman–Crippen LogP) is 1.27. The van der Waals surface area contributed by atoms with Gasteiger partial charge in [0.15, 0.2) is 5.78 Å². The molecule has 2 heterocycles. The lowest BCUT2D eigenvalue weighted by Crippen LogP contribution is -2.09. The molecule has 0 bridgehead atoms. The van der Waals surface area contributed by atoms with E-state index in [1.807, 2.05) is 0 Å². The third-order valence-corrected chi connectivity index (χ3v) is 2.57.